The van der Waals surface area contributed by atoms with E-state index in [0.717, 1.165) is 51.6 Å². The molecular weight excluding hydrogens is 356 g/mol. The van der Waals surface area contributed by atoms with E-state index in [2.05, 4.69) is 0 Å². The molecule has 158 valence electrons. The van der Waals surface area contributed by atoms with Crippen LogP contribution in [0.4, 0.5) is 0 Å². The summed E-state index contributed by atoms with van der Waals surface area (Å²) in [5, 5.41) is 11.1. The number of allylic oxidation sites excluding steroid dienone is 1. The van der Waals surface area contributed by atoms with Gasteiger partial charge in [0.15, 0.2) is 6.29 Å². The molecule has 0 aromatic heterocycles. The number of aliphatic hydroxyl groups is 1. The normalized spacial score (nSPS) is 39.2. The topological polar surface area (TPSA) is 65.0 Å². The predicted octanol–water partition coefficient (Wildman–Crippen LogP) is 5.04. The maximum Gasteiger partial charge on any atom is 0.303 e. The number of carbonyl (C=O) groups is 1. The van der Waals surface area contributed by atoms with Gasteiger partial charge in [-0.25, -0.2) is 0 Å². The van der Waals surface area contributed by atoms with E-state index in [-0.39, 0.29) is 30.2 Å². The lowest BCUT2D eigenvalue weighted by Crippen LogP contribution is -2.35. The molecule has 5 atom stereocenters. The molecule has 3 saturated carbocycles. The van der Waals surface area contributed by atoms with Gasteiger partial charge in [0.25, 0.3) is 0 Å². The maximum atomic E-state index is 11.8. The number of carbonyl (C=O) groups excluding carboxylic acids is 1. The molecule has 3 aliphatic carbocycles. The lowest BCUT2D eigenvalue weighted by molar-refractivity contribution is -0.197. The van der Waals surface area contributed by atoms with Crippen molar-refractivity contribution in [3.8, 4) is 0 Å². The summed E-state index contributed by atoms with van der Waals surface area (Å²) in [5.74, 6) is 0.980. The predicted molar refractivity (Wildman–Crippen MR) is 106 cm³/mol. The Balaban J connectivity index is 1.52. The Morgan fingerprint density at radius 3 is 2.64 bits per heavy atom. The third kappa shape index (κ3) is 4.25. The molecule has 1 N–H and O–H groups in total. The lowest BCUT2D eigenvalue weighted by atomic mass is 9.86. The van der Waals surface area contributed by atoms with Gasteiger partial charge in [-0.15, -0.1) is 0 Å². The minimum atomic E-state index is -0.481. The van der Waals surface area contributed by atoms with Crippen LogP contribution in [-0.4, -0.2) is 35.7 Å². The Morgan fingerprint density at radius 2 is 1.93 bits per heavy atom. The highest BCUT2D eigenvalue weighted by atomic mass is 16.7. The fourth-order valence-corrected chi connectivity index (χ4v) is 6.22. The van der Waals surface area contributed by atoms with Gasteiger partial charge in [-0.3, -0.25) is 4.79 Å². The van der Waals surface area contributed by atoms with E-state index in [0.29, 0.717) is 18.1 Å². The summed E-state index contributed by atoms with van der Waals surface area (Å²) in [7, 11) is 0. The number of hydrogen-bond donors (Lipinski definition) is 1. The number of fused-ring (bicyclic) bond motifs is 1. The molecule has 5 heteroatoms. The second kappa shape index (κ2) is 8.74. The van der Waals surface area contributed by atoms with Gasteiger partial charge >= 0.3 is 5.97 Å². The van der Waals surface area contributed by atoms with Gasteiger partial charge in [0.2, 0.25) is 0 Å². The third-order valence-corrected chi connectivity index (χ3v) is 7.46. The summed E-state index contributed by atoms with van der Waals surface area (Å²) in [6.07, 6.45) is 14.5. The summed E-state index contributed by atoms with van der Waals surface area (Å²) in [6.45, 7) is 2.23. The number of rotatable bonds is 6. The fraction of sp³-hybridized carbons (Fsp3) is 0.870. The molecule has 3 unspecified atom stereocenters. The van der Waals surface area contributed by atoms with Crippen molar-refractivity contribution < 1.29 is 24.1 Å². The average molecular weight is 393 g/mol. The van der Waals surface area contributed by atoms with Crippen LogP contribution in [-0.2, 0) is 19.0 Å². The van der Waals surface area contributed by atoms with E-state index < -0.39 is 5.60 Å². The Hall–Kier alpha value is -1.07. The zero-order valence-electron chi connectivity index (χ0n) is 17.2. The average Bonchev–Trinajstić information content (AvgIpc) is 3.36. The Kier molecular flexibility index (Phi) is 6.31. The van der Waals surface area contributed by atoms with Crippen molar-refractivity contribution in [1.29, 1.82) is 0 Å². The summed E-state index contributed by atoms with van der Waals surface area (Å²) in [4.78, 5) is 11.8. The van der Waals surface area contributed by atoms with Gasteiger partial charge in [0.1, 0.15) is 5.60 Å². The first-order chi connectivity index (χ1) is 13.6. The molecule has 0 bridgehead atoms. The monoisotopic (exact) mass is 392 g/mol. The number of aliphatic hydroxyl groups excluding tert-OH is 1. The lowest BCUT2D eigenvalue weighted by Gasteiger charge is -2.30. The summed E-state index contributed by atoms with van der Waals surface area (Å²) in [5.41, 5.74) is -0.481. The summed E-state index contributed by atoms with van der Waals surface area (Å²) >= 11 is 0. The molecule has 0 aromatic carbocycles. The molecule has 4 fully saturated rings. The SMILES string of the molecule is CC(=O)O[C@]12CCC[C@H]1C(/C(O)=C\CC1CCCC1)C(OC1CCCCO1)C2. The van der Waals surface area contributed by atoms with Crippen molar-refractivity contribution >= 4 is 5.97 Å². The smallest absolute Gasteiger partial charge is 0.303 e. The van der Waals surface area contributed by atoms with Crippen LogP contribution in [0.25, 0.3) is 0 Å². The van der Waals surface area contributed by atoms with Gasteiger partial charge in [0, 0.05) is 31.8 Å². The van der Waals surface area contributed by atoms with Crippen molar-refractivity contribution in [1.82, 2.24) is 0 Å². The summed E-state index contributed by atoms with van der Waals surface area (Å²) < 4.78 is 18.1. The van der Waals surface area contributed by atoms with Crippen LogP contribution < -0.4 is 0 Å². The Labute approximate surface area is 168 Å². The molecule has 28 heavy (non-hydrogen) atoms. The highest BCUT2D eigenvalue weighted by Gasteiger charge is 2.60. The van der Waals surface area contributed by atoms with Crippen LogP contribution in [0.3, 0.4) is 0 Å². The van der Waals surface area contributed by atoms with E-state index in [1.807, 2.05) is 6.08 Å². The van der Waals surface area contributed by atoms with E-state index >= 15 is 0 Å². The second-order valence-electron chi connectivity index (χ2n) is 9.37. The van der Waals surface area contributed by atoms with Crippen LogP contribution in [0.2, 0.25) is 0 Å². The van der Waals surface area contributed by atoms with Gasteiger partial charge in [-0.05, 0) is 56.9 Å². The fourth-order valence-electron chi connectivity index (χ4n) is 6.22. The van der Waals surface area contributed by atoms with Crippen LogP contribution in [0, 0.1) is 17.8 Å². The van der Waals surface area contributed by atoms with Crippen LogP contribution in [0.1, 0.15) is 84.0 Å². The van der Waals surface area contributed by atoms with Gasteiger partial charge in [-0.1, -0.05) is 25.7 Å². The van der Waals surface area contributed by atoms with Gasteiger partial charge in [-0.2, -0.15) is 0 Å². The molecule has 5 nitrogen and oxygen atoms in total. The van der Waals surface area contributed by atoms with Crippen molar-refractivity contribution in [2.45, 2.75) is 102 Å². The standard InChI is InChI=1S/C23H36O5/c1-16(24)28-23-13-6-9-18(23)22(19(25)12-11-17-7-2-3-8-17)20(15-23)27-21-10-4-5-14-26-21/h12,17-18,20-22,25H,2-11,13-15H2,1H3/b19-12+/t18-,20?,21?,22?,23-/m0/s1. The molecule has 4 aliphatic rings. The quantitative estimate of drug-likeness (QED) is 0.507. The number of hydrogen-bond acceptors (Lipinski definition) is 5. The molecule has 1 aliphatic heterocycles. The van der Waals surface area contributed by atoms with E-state index in [9.17, 15) is 9.90 Å². The largest absolute Gasteiger partial charge is 0.512 e. The Bertz CT molecular complexity index is 576. The third-order valence-electron chi connectivity index (χ3n) is 7.46. The molecule has 0 aromatic rings. The van der Waals surface area contributed by atoms with Crippen molar-refractivity contribution in [2.24, 2.45) is 17.8 Å². The van der Waals surface area contributed by atoms with E-state index in [4.69, 9.17) is 14.2 Å². The van der Waals surface area contributed by atoms with Crippen molar-refractivity contribution in [2.75, 3.05) is 6.61 Å². The zero-order valence-corrected chi connectivity index (χ0v) is 17.2. The van der Waals surface area contributed by atoms with Gasteiger partial charge < -0.3 is 19.3 Å². The molecule has 4 rings (SSSR count). The van der Waals surface area contributed by atoms with E-state index in [1.165, 1.54) is 32.6 Å². The molecule has 1 heterocycles. The molecule has 0 spiro atoms. The number of ether oxygens (including phenoxy) is 3. The van der Waals surface area contributed by atoms with Gasteiger partial charge in [0.05, 0.1) is 11.9 Å². The second-order valence-corrected chi connectivity index (χ2v) is 9.37. The minimum Gasteiger partial charge on any atom is -0.512 e. The van der Waals surface area contributed by atoms with Crippen LogP contribution in [0.15, 0.2) is 11.8 Å². The first-order valence-electron chi connectivity index (χ1n) is 11.4. The van der Waals surface area contributed by atoms with Crippen LogP contribution in [0.5, 0.6) is 0 Å². The zero-order chi connectivity index (χ0) is 19.6. The molecular formula is C23H36O5. The van der Waals surface area contributed by atoms with Crippen LogP contribution >= 0.6 is 0 Å². The molecule has 1 saturated heterocycles. The Morgan fingerprint density at radius 1 is 1.14 bits per heavy atom. The highest BCUT2D eigenvalue weighted by Crippen LogP contribution is 2.56. The number of esters is 1. The first kappa shape index (κ1) is 20.2. The summed E-state index contributed by atoms with van der Waals surface area (Å²) in [6, 6.07) is 0. The highest BCUT2D eigenvalue weighted by molar-refractivity contribution is 5.66. The van der Waals surface area contributed by atoms with Crippen molar-refractivity contribution in [3.05, 3.63) is 11.8 Å². The first-order valence-corrected chi connectivity index (χ1v) is 11.4. The molecule has 0 amide bonds. The maximum absolute atomic E-state index is 11.8. The van der Waals surface area contributed by atoms with Crippen molar-refractivity contribution in [3.63, 3.8) is 0 Å². The molecule has 0 radical (unpaired) electrons. The van der Waals surface area contributed by atoms with E-state index in [1.54, 1.807) is 0 Å². The minimum absolute atomic E-state index is 0.0891.